The normalized spacial score (nSPS) is 12.6. The Balaban J connectivity index is 1.92. The largest absolute Gasteiger partial charge is 0.348 e. The molecule has 0 heterocycles. The second kappa shape index (κ2) is 7.39. The summed E-state index contributed by atoms with van der Waals surface area (Å²) in [5.74, 6) is -0.378. The summed E-state index contributed by atoms with van der Waals surface area (Å²) in [6.07, 6.45) is 0. The van der Waals surface area contributed by atoms with Crippen molar-refractivity contribution >= 4 is 15.9 Å². The lowest BCUT2D eigenvalue weighted by Crippen LogP contribution is -2.38. The molecule has 0 radical (unpaired) electrons. The first-order chi connectivity index (χ1) is 10.9. The molecule has 0 aliphatic rings. The highest BCUT2D eigenvalue weighted by molar-refractivity contribution is 7.89. The lowest BCUT2D eigenvalue weighted by Gasteiger charge is -2.14. The molecule has 0 aliphatic carbocycles. The second-order valence-corrected chi connectivity index (χ2v) is 7.10. The fourth-order valence-corrected chi connectivity index (χ4v) is 3.06. The van der Waals surface area contributed by atoms with E-state index in [0.29, 0.717) is 0 Å². The van der Waals surface area contributed by atoms with Gasteiger partial charge in [0.25, 0.3) is 0 Å². The third-order valence-corrected chi connectivity index (χ3v) is 4.85. The maximum absolute atomic E-state index is 12.1. The smallest absolute Gasteiger partial charge is 0.241 e. The van der Waals surface area contributed by atoms with Crippen LogP contribution in [-0.2, 0) is 14.8 Å². The van der Waals surface area contributed by atoms with Crippen molar-refractivity contribution in [2.45, 2.75) is 24.8 Å². The molecule has 23 heavy (non-hydrogen) atoms. The van der Waals surface area contributed by atoms with E-state index in [-0.39, 0.29) is 23.4 Å². The van der Waals surface area contributed by atoms with Gasteiger partial charge in [0.2, 0.25) is 15.9 Å². The van der Waals surface area contributed by atoms with Gasteiger partial charge in [-0.05, 0) is 31.5 Å². The van der Waals surface area contributed by atoms with E-state index in [1.165, 1.54) is 12.1 Å². The monoisotopic (exact) mass is 332 g/mol. The van der Waals surface area contributed by atoms with Crippen LogP contribution in [0.4, 0.5) is 0 Å². The van der Waals surface area contributed by atoms with Gasteiger partial charge >= 0.3 is 0 Å². The lowest BCUT2D eigenvalue weighted by atomic mass is 10.1. The van der Waals surface area contributed by atoms with Crippen LogP contribution in [0.1, 0.15) is 24.1 Å². The molecule has 6 heteroatoms. The van der Waals surface area contributed by atoms with Gasteiger partial charge in [0.15, 0.2) is 0 Å². The van der Waals surface area contributed by atoms with Gasteiger partial charge in [-0.1, -0.05) is 48.0 Å². The number of hydrogen-bond acceptors (Lipinski definition) is 3. The number of rotatable bonds is 6. The molecular weight excluding hydrogens is 312 g/mol. The number of benzene rings is 2. The van der Waals surface area contributed by atoms with E-state index in [1.807, 2.05) is 44.2 Å². The van der Waals surface area contributed by atoms with Gasteiger partial charge in [-0.25, -0.2) is 13.1 Å². The van der Waals surface area contributed by atoms with Gasteiger partial charge < -0.3 is 5.32 Å². The maximum Gasteiger partial charge on any atom is 0.241 e. The molecule has 0 fully saturated rings. The highest BCUT2D eigenvalue weighted by atomic mass is 32.2. The van der Waals surface area contributed by atoms with E-state index >= 15 is 0 Å². The Labute approximate surface area is 136 Å². The van der Waals surface area contributed by atoms with E-state index in [0.717, 1.165) is 11.1 Å². The molecule has 122 valence electrons. The maximum atomic E-state index is 12.1. The first-order valence-corrected chi connectivity index (χ1v) is 8.77. The van der Waals surface area contributed by atoms with Gasteiger partial charge in [-0.15, -0.1) is 0 Å². The van der Waals surface area contributed by atoms with Gasteiger partial charge in [-0.2, -0.15) is 0 Å². The van der Waals surface area contributed by atoms with Crippen LogP contribution in [0, 0.1) is 6.92 Å². The van der Waals surface area contributed by atoms with Crippen LogP contribution in [0.2, 0.25) is 0 Å². The van der Waals surface area contributed by atoms with Crippen molar-refractivity contribution in [3.63, 3.8) is 0 Å². The topological polar surface area (TPSA) is 75.3 Å². The van der Waals surface area contributed by atoms with E-state index < -0.39 is 10.0 Å². The van der Waals surface area contributed by atoms with Crippen molar-refractivity contribution < 1.29 is 13.2 Å². The highest BCUT2D eigenvalue weighted by Gasteiger charge is 2.16. The predicted molar refractivity (Wildman–Crippen MR) is 89.4 cm³/mol. The van der Waals surface area contributed by atoms with Gasteiger partial charge in [-0.3, -0.25) is 4.79 Å². The molecule has 0 aromatic heterocycles. The van der Waals surface area contributed by atoms with E-state index in [9.17, 15) is 13.2 Å². The second-order valence-electron chi connectivity index (χ2n) is 5.34. The van der Waals surface area contributed by atoms with Gasteiger partial charge in [0, 0.05) is 0 Å². The molecule has 1 atom stereocenters. The summed E-state index contributed by atoms with van der Waals surface area (Å²) < 4.78 is 26.5. The zero-order valence-electron chi connectivity index (χ0n) is 13.1. The third kappa shape index (κ3) is 4.91. The zero-order chi connectivity index (χ0) is 16.9. The summed E-state index contributed by atoms with van der Waals surface area (Å²) in [6.45, 7) is 3.43. The molecule has 0 spiro atoms. The molecule has 2 aromatic rings. The van der Waals surface area contributed by atoms with E-state index in [2.05, 4.69) is 10.0 Å². The quantitative estimate of drug-likeness (QED) is 0.851. The number of sulfonamides is 1. The van der Waals surface area contributed by atoms with Crippen LogP contribution in [0.15, 0.2) is 59.5 Å². The van der Waals surface area contributed by atoms with Crippen LogP contribution in [0.25, 0.3) is 0 Å². The Kier molecular flexibility index (Phi) is 5.52. The molecule has 0 saturated carbocycles. The van der Waals surface area contributed by atoms with Crippen LogP contribution in [0.3, 0.4) is 0 Å². The molecule has 2 aromatic carbocycles. The number of amides is 1. The fourth-order valence-electron chi connectivity index (χ4n) is 2.08. The molecule has 0 aliphatic heterocycles. The number of carbonyl (C=O) groups is 1. The molecule has 1 amide bonds. The Hall–Kier alpha value is -2.18. The van der Waals surface area contributed by atoms with Crippen molar-refractivity contribution in [2.24, 2.45) is 0 Å². The van der Waals surface area contributed by atoms with Crippen molar-refractivity contribution in [3.05, 3.63) is 65.7 Å². The summed E-state index contributed by atoms with van der Waals surface area (Å²) in [4.78, 5) is 12.1. The highest BCUT2D eigenvalue weighted by Crippen LogP contribution is 2.11. The number of aryl methyl sites for hydroxylation is 1. The van der Waals surface area contributed by atoms with Crippen LogP contribution < -0.4 is 10.0 Å². The molecule has 0 bridgehead atoms. The summed E-state index contributed by atoms with van der Waals surface area (Å²) >= 11 is 0. The first kappa shape index (κ1) is 17.2. The SMILES string of the molecule is Cc1ccc(S(=O)(=O)NCC(=O)NC(C)c2ccccc2)cc1. The van der Waals surface area contributed by atoms with Crippen LogP contribution >= 0.6 is 0 Å². The number of carbonyl (C=O) groups excluding carboxylic acids is 1. The Morgan fingerprint density at radius 3 is 2.26 bits per heavy atom. The van der Waals surface area contributed by atoms with Crippen molar-refractivity contribution in [1.29, 1.82) is 0 Å². The minimum Gasteiger partial charge on any atom is -0.348 e. The number of hydrogen-bond donors (Lipinski definition) is 2. The fraction of sp³-hybridized carbons (Fsp3) is 0.235. The summed E-state index contributed by atoms with van der Waals surface area (Å²) in [5, 5.41) is 2.76. The third-order valence-electron chi connectivity index (χ3n) is 3.43. The molecule has 1 unspecified atom stereocenters. The number of nitrogens with one attached hydrogen (secondary N) is 2. The summed E-state index contributed by atoms with van der Waals surface area (Å²) in [7, 11) is -3.68. The minimum absolute atomic E-state index is 0.145. The van der Waals surface area contributed by atoms with Crippen LogP contribution in [-0.4, -0.2) is 20.9 Å². The Morgan fingerprint density at radius 2 is 1.65 bits per heavy atom. The van der Waals surface area contributed by atoms with Crippen molar-refractivity contribution in [2.75, 3.05) is 6.54 Å². The van der Waals surface area contributed by atoms with Gasteiger partial charge in [0.1, 0.15) is 0 Å². The predicted octanol–water partition coefficient (Wildman–Crippen LogP) is 2.15. The van der Waals surface area contributed by atoms with Crippen molar-refractivity contribution in [3.8, 4) is 0 Å². The molecule has 2 N–H and O–H groups in total. The van der Waals surface area contributed by atoms with Gasteiger partial charge in [0.05, 0.1) is 17.5 Å². The zero-order valence-corrected chi connectivity index (χ0v) is 13.9. The molecule has 5 nitrogen and oxygen atoms in total. The van der Waals surface area contributed by atoms with E-state index in [4.69, 9.17) is 0 Å². The molecule has 0 saturated heterocycles. The van der Waals surface area contributed by atoms with Crippen LogP contribution in [0.5, 0.6) is 0 Å². The average molecular weight is 332 g/mol. The Morgan fingerprint density at radius 1 is 1.04 bits per heavy atom. The Bertz CT molecular complexity index is 756. The van der Waals surface area contributed by atoms with E-state index in [1.54, 1.807) is 12.1 Å². The average Bonchev–Trinajstić information content (AvgIpc) is 2.54. The lowest BCUT2D eigenvalue weighted by molar-refractivity contribution is -0.120. The molecular formula is C17H20N2O3S. The summed E-state index contributed by atoms with van der Waals surface area (Å²) in [5.41, 5.74) is 1.93. The summed E-state index contributed by atoms with van der Waals surface area (Å²) in [6, 6.07) is 15.8. The van der Waals surface area contributed by atoms with Crippen molar-refractivity contribution in [1.82, 2.24) is 10.0 Å². The molecule has 2 rings (SSSR count). The minimum atomic E-state index is -3.68. The first-order valence-electron chi connectivity index (χ1n) is 7.29. The standard InChI is InChI=1S/C17H20N2O3S/c1-13-8-10-16(11-9-13)23(21,22)18-12-17(20)19-14(2)15-6-4-3-5-7-15/h3-11,14,18H,12H2,1-2H3,(H,19,20).